The van der Waals surface area contributed by atoms with Crippen LogP contribution in [0.5, 0.6) is 0 Å². The number of hydrogen-bond donors (Lipinski definition) is 1. The van der Waals surface area contributed by atoms with Gasteiger partial charge < -0.3 is 10.5 Å². The monoisotopic (exact) mass is 271 g/mol. The summed E-state index contributed by atoms with van der Waals surface area (Å²) >= 11 is 0. The summed E-state index contributed by atoms with van der Waals surface area (Å²) in [5.74, 6) is 0.136. The molecule has 0 aromatic carbocycles. The Labute approximate surface area is 119 Å². The number of esters is 1. The fourth-order valence-corrected chi connectivity index (χ4v) is 2.19. The quantitative estimate of drug-likeness (QED) is 0.406. The second kappa shape index (κ2) is 13.9. The van der Waals surface area contributed by atoms with Crippen molar-refractivity contribution >= 4 is 5.97 Å². The van der Waals surface area contributed by atoms with Crippen molar-refractivity contribution in [1.82, 2.24) is 0 Å². The van der Waals surface area contributed by atoms with Crippen LogP contribution in [0.25, 0.3) is 0 Å². The first-order valence-electron chi connectivity index (χ1n) is 8.12. The Bertz CT molecular complexity index is 207. The van der Waals surface area contributed by atoms with Gasteiger partial charge in [-0.15, -0.1) is 0 Å². The lowest BCUT2D eigenvalue weighted by Gasteiger charge is -2.15. The summed E-state index contributed by atoms with van der Waals surface area (Å²) in [5, 5.41) is 0. The molecule has 0 heterocycles. The molecule has 0 saturated carbocycles. The second-order valence-electron chi connectivity index (χ2n) is 5.35. The van der Waals surface area contributed by atoms with E-state index in [9.17, 15) is 4.79 Å². The summed E-state index contributed by atoms with van der Waals surface area (Å²) in [6.45, 7) is 5.59. The number of carbonyl (C=O) groups is 1. The van der Waals surface area contributed by atoms with Crippen molar-refractivity contribution in [2.24, 2.45) is 11.7 Å². The molecule has 0 aliphatic rings. The van der Waals surface area contributed by atoms with E-state index in [1.165, 1.54) is 19.3 Å². The SMILES string of the molecule is CCCCCCC(CCCC)C(=O)OCCCCN. The predicted octanol–water partition coefficient (Wildman–Crippen LogP) is 4.05. The van der Waals surface area contributed by atoms with Gasteiger partial charge in [0.25, 0.3) is 0 Å². The van der Waals surface area contributed by atoms with Crippen LogP contribution in [0, 0.1) is 5.92 Å². The van der Waals surface area contributed by atoms with Crippen molar-refractivity contribution in [2.75, 3.05) is 13.2 Å². The minimum atomic E-state index is 0.0157. The molecule has 0 bridgehead atoms. The summed E-state index contributed by atoms with van der Waals surface area (Å²) in [6, 6.07) is 0. The summed E-state index contributed by atoms with van der Waals surface area (Å²) < 4.78 is 5.37. The molecule has 3 nitrogen and oxygen atoms in total. The molecule has 1 atom stereocenters. The van der Waals surface area contributed by atoms with Crippen molar-refractivity contribution < 1.29 is 9.53 Å². The molecule has 2 N–H and O–H groups in total. The summed E-state index contributed by atoms with van der Waals surface area (Å²) in [6.07, 6.45) is 11.0. The maximum absolute atomic E-state index is 12.0. The molecule has 0 amide bonds. The van der Waals surface area contributed by atoms with E-state index in [1.807, 2.05) is 0 Å². The molecule has 114 valence electrons. The van der Waals surface area contributed by atoms with E-state index in [-0.39, 0.29) is 11.9 Å². The van der Waals surface area contributed by atoms with Crippen molar-refractivity contribution in [3.63, 3.8) is 0 Å². The first-order chi connectivity index (χ1) is 9.26. The lowest BCUT2D eigenvalue weighted by molar-refractivity contribution is -0.149. The predicted molar refractivity (Wildman–Crippen MR) is 81.0 cm³/mol. The molecule has 1 unspecified atom stereocenters. The third kappa shape index (κ3) is 11.0. The van der Waals surface area contributed by atoms with E-state index < -0.39 is 0 Å². The number of nitrogens with two attached hydrogens (primary N) is 1. The zero-order chi connectivity index (χ0) is 14.3. The van der Waals surface area contributed by atoms with E-state index in [2.05, 4.69) is 13.8 Å². The van der Waals surface area contributed by atoms with E-state index in [0.717, 1.165) is 44.9 Å². The van der Waals surface area contributed by atoms with E-state index in [0.29, 0.717) is 13.2 Å². The highest BCUT2D eigenvalue weighted by Crippen LogP contribution is 2.19. The summed E-state index contributed by atoms with van der Waals surface area (Å²) in [7, 11) is 0. The number of unbranched alkanes of at least 4 members (excludes halogenated alkanes) is 5. The lowest BCUT2D eigenvalue weighted by atomic mass is 9.95. The van der Waals surface area contributed by atoms with Crippen LogP contribution < -0.4 is 5.73 Å². The van der Waals surface area contributed by atoms with Crippen LogP contribution in [-0.2, 0) is 9.53 Å². The van der Waals surface area contributed by atoms with Gasteiger partial charge in [0, 0.05) is 0 Å². The molecule has 0 aliphatic carbocycles. The Hall–Kier alpha value is -0.570. The topological polar surface area (TPSA) is 52.3 Å². The molecular weight excluding hydrogens is 238 g/mol. The molecule has 3 heteroatoms. The van der Waals surface area contributed by atoms with Gasteiger partial charge in [0.2, 0.25) is 0 Å². The highest BCUT2D eigenvalue weighted by molar-refractivity contribution is 5.72. The number of carbonyl (C=O) groups excluding carboxylic acids is 1. The van der Waals surface area contributed by atoms with Crippen LogP contribution in [0.1, 0.15) is 78.1 Å². The minimum Gasteiger partial charge on any atom is -0.465 e. The zero-order valence-electron chi connectivity index (χ0n) is 13.0. The normalized spacial score (nSPS) is 12.4. The maximum Gasteiger partial charge on any atom is 0.308 e. The molecular formula is C16H33NO2. The molecule has 0 fully saturated rings. The van der Waals surface area contributed by atoms with Crippen LogP contribution in [0.2, 0.25) is 0 Å². The van der Waals surface area contributed by atoms with E-state index in [4.69, 9.17) is 10.5 Å². The van der Waals surface area contributed by atoms with Crippen LogP contribution in [0.3, 0.4) is 0 Å². The fraction of sp³-hybridized carbons (Fsp3) is 0.938. The minimum absolute atomic E-state index is 0.0157. The van der Waals surface area contributed by atoms with E-state index >= 15 is 0 Å². The third-order valence-corrected chi connectivity index (χ3v) is 3.49. The third-order valence-electron chi connectivity index (χ3n) is 3.49. The molecule has 0 aliphatic heterocycles. The van der Waals surface area contributed by atoms with Crippen molar-refractivity contribution in [1.29, 1.82) is 0 Å². The Morgan fingerprint density at radius 3 is 2.26 bits per heavy atom. The summed E-state index contributed by atoms with van der Waals surface area (Å²) in [4.78, 5) is 12.0. The van der Waals surface area contributed by atoms with Gasteiger partial charge in [0.05, 0.1) is 12.5 Å². The summed E-state index contributed by atoms with van der Waals surface area (Å²) in [5.41, 5.74) is 5.42. The average Bonchev–Trinajstić information content (AvgIpc) is 2.42. The number of ether oxygens (including phenoxy) is 1. The van der Waals surface area contributed by atoms with Gasteiger partial charge in [0.15, 0.2) is 0 Å². The highest BCUT2D eigenvalue weighted by Gasteiger charge is 2.18. The van der Waals surface area contributed by atoms with Gasteiger partial charge in [-0.1, -0.05) is 52.4 Å². The van der Waals surface area contributed by atoms with Gasteiger partial charge >= 0.3 is 5.97 Å². The molecule has 0 aromatic heterocycles. The van der Waals surface area contributed by atoms with Gasteiger partial charge in [-0.05, 0) is 32.2 Å². The average molecular weight is 271 g/mol. The molecule has 0 aromatic rings. The van der Waals surface area contributed by atoms with Gasteiger partial charge in [-0.3, -0.25) is 4.79 Å². The van der Waals surface area contributed by atoms with Crippen molar-refractivity contribution in [3.8, 4) is 0 Å². The lowest BCUT2D eigenvalue weighted by Crippen LogP contribution is -2.19. The van der Waals surface area contributed by atoms with Gasteiger partial charge in [-0.2, -0.15) is 0 Å². The van der Waals surface area contributed by atoms with Crippen LogP contribution in [-0.4, -0.2) is 19.1 Å². The van der Waals surface area contributed by atoms with E-state index in [1.54, 1.807) is 0 Å². The second-order valence-corrected chi connectivity index (χ2v) is 5.35. The van der Waals surface area contributed by atoms with Crippen molar-refractivity contribution in [3.05, 3.63) is 0 Å². The molecule has 19 heavy (non-hydrogen) atoms. The van der Waals surface area contributed by atoms with Gasteiger partial charge in [-0.25, -0.2) is 0 Å². The van der Waals surface area contributed by atoms with Crippen molar-refractivity contribution in [2.45, 2.75) is 78.1 Å². The largest absolute Gasteiger partial charge is 0.465 e. The first kappa shape index (κ1) is 18.4. The smallest absolute Gasteiger partial charge is 0.308 e. The Morgan fingerprint density at radius 1 is 0.947 bits per heavy atom. The molecule has 0 spiro atoms. The number of rotatable bonds is 13. The highest BCUT2D eigenvalue weighted by atomic mass is 16.5. The standard InChI is InChI=1S/C16H33NO2/c1-3-5-7-8-12-15(11-6-4-2)16(18)19-14-10-9-13-17/h15H,3-14,17H2,1-2H3. The van der Waals surface area contributed by atoms with Crippen LogP contribution in [0.15, 0.2) is 0 Å². The molecule has 0 radical (unpaired) electrons. The Balaban J connectivity index is 3.89. The molecule has 0 rings (SSSR count). The Kier molecular flexibility index (Phi) is 13.4. The van der Waals surface area contributed by atoms with Crippen LogP contribution >= 0.6 is 0 Å². The van der Waals surface area contributed by atoms with Crippen LogP contribution in [0.4, 0.5) is 0 Å². The fourth-order valence-electron chi connectivity index (χ4n) is 2.19. The van der Waals surface area contributed by atoms with Gasteiger partial charge in [0.1, 0.15) is 0 Å². The Morgan fingerprint density at radius 2 is 1.63 bits per heavy atom. The first-order valence-corrected chi connectivity index (χ1v) is 8.12. The maximum atomic E-state index is 12.0. The molecule has 0 saturated heterocycles. The zero-order valence-corrected chi connectivity index (χ0v) is 13.0. The number of hydrogen-bond acceptors (Lipinski definition) is 3.